The van der Waals surface area contributed by atoms with E-state index in [9.17, 15) is 9.59 Å². The van der Waals surface area contributed by atoms with Crippen LogP contribution in [0.25, 0.3) is 0 Å². The molecule has 1 fully saturated rings. The van der Waals surface area contributed by atoms with Crippen molar-refractivity contribution in [2.75, 3.05) is 26.7 Å². The van der Waals surface area contributed by atoms with Crippen LogP contribution in [0.2, 0.25) is 0 Å². The highest BCUT2D eigenvalue weighted by molar-refractivity contribution is 6.25. The second-order valence-corrected chi connectivity index (χ2v) is 6.55. The number of fused-ring (bicyclic) bond motifs is 3. The van der Waals surface area contributed by atoms with Crippen molar-refractivity contribution in [3.05, 3.63) is 24.2 Å². The highest BCUT2D eigenvalue weighted by Crippen LogP contribution is 2.26. The summed E-state index contributed by atoms with van der Waals surface area (Å²) >= 11 is 0. The summed E-state index contributed by atoms with van der Waals surface area (Å²) in [4.78, 5) is 35.0. The van der Waals surface area contributed by atoms with Crippen molar-refractivity contribution in [3.63, 3.8) is 0 Å². The van der Waals surface area contributed by atoms with E-state index in [1.807, 2.05) is 24.0 Å². The van der Waals surface area contributed by atoms with Crippen LogP contribution < -0.4 is 0 Å². The molecule has 132 valence electrons. The number of nitrogens with zero attached hydrogens (tertiary/aromatic N) is 5. The molecule has 1 saturated heterocycles. The second kappa shape index (κ2) is 6.02. The summed E-state index contributed by atoms with van der Waals surface area (Å²) in [5.41, 5.74) is 0. The van der Waals surface area contributed by atoms with Crippen LogP contribution in [0, 0.1) is 0 Å². The summed E-state index contributed by atoms with van der Waals surface area (Å²) in [5.74, 6) is 1.98. The third-order valence-electron chi connectivity index (χ3n) is 4.87. The number of amidine groups is 1. The van der Waals surface area contributed by atoms with Crippen molar-refractivity contribution in [1.82, 2.24) is 14.7 Å². The number of aliphatic imine (C=N–C) groups is 1. The van der Waals surface area contributed by atoms with Crippen molar-refractivity contribution >= 4 is 23.7 Å². The summed E-state index contributed by atoms with van der Waals surface area (Å²) < 4.78 is 7.56. The molecule has 0 saturated carbocycles. The maximum Gasteiger partial charge on any atom is 0.392 e. The Morgan fingerprint density at radius 3 is 2.96 bits per heavy atom. The van der Waals surface area contributed by atoms with Gasteiger partial charge in [-0.3, -0.25) is 19.2 Å². The number of amides is 3. The number of likely N-dealkylation sites (N-methyl/N-ethyl adjacent to an activating group) is 1. The quantitative estimate of drug-likeness (QED) is 0.762. The normalized spacial score (nSPS) is 23.2. The van der Waals surface area contributed by atoms with Gasteiger partial charge >= 0.3 is 12.0 Å². The van der Waals surface area contributed by atoms with Crippen molar-refractivity contribution < 1.29 is 18.6 Å². The summed E-state index contributed by atoms with van der Waals surface area (Å²) in [7, 11) is 1.69. The lowest BCUT2D eigenvalue weighted by Gasteiger charge is -2.35. The fraction of sp³-hybridized carbons (Fsp3) is 0.529. The number of carbonyl (C=O) groups is 2. The van der Waals surface area contributed by atoms with Gasteiger partial charge in [0.15, 0.2) is 0 Å². The first kappa shape index (κ1) is 15.9. The molecule has 0 bridgehead atoms. The minimum Gasteiger partial charge on any atom is -0.466 e. The van der Waals surface area contributed by atoms with Crippen molar-refractivity contribution in [2.24, 2.45) is 4.99 Å². The fourth-order valence-electron chi connectivity index (χ4n) is 3.69. The highest BCUT2D eigenvalue weighted by atomic mass is 16.3. The van der Waals surface area contributed by atoms with Gasteiger partial charge in [-0.25, -0.2) is 9.69 Å². The Hall–Kier alpha value is -2.64. The number of urea groups is 1. The van der Waals surface area contributed by atoms with Crippen molar-refractivity contribution in [1.29, 1.82) is 0 Å². The van der Waals surface area contributed by atoms with Gasteiger partial charge < -0.3 is 4.42 Å². The molecule has 4 heterocycles. The summed E-state index contributed by atoms with van der Waals surface area (Å²) in [5, 5.41) is 0. The van der Waals surface area contributed by atoms with E-state index in [0.717, 1.165) is 37.7 Å². The molecule has 3 amide bonds. The number of furan rings is 1. The average Bonchev–Trinajstić information content (AvgIpc) is 3.25. The Bertz CT molecular complexity index is 767. The van der Waals surface area contributed by atoms with Crippen LogP contribution in [0.4, 0.5) is 4.79 Å². The largest absolute Gasteiger partial charge is 0.466 e. The Labute approximate surface area is 146 Å². The maximum absolute atomic E-state index is 12.9. The number of carbonyl (C=O) groups excluding carboxylic acids is 2. The number of hydrogen-bond acceptors (Lipinski definition) is 5. The highest BCUT2D eigenvalue weighted by Gasteiger charge is 2.56. The minimum absolute atomic E-state index is 0.168. The average molecular weight is 344 g/mol. The zero-order valence-electron chi connectivity index (χ0n) is 14.5. The zero-order chi connectivity index (χ0) is 17.6. The van der Waals surface area contributed by atoms with E-state index in [1.54, 1.807) is 13.3 Å². The topological polar surface area (TPSA) is 72.4 Å². The number of guanidine groups is 1. The summed E-state index contributed by atoms with van der Waals surface area (Å²) in [6, 6.07) is 3.00. The second-order valence-electron chi connectivity index (χ2n) is 6.55. The zero-order valence-corrected chi connectivity index (χ0v) is 14.5. The molecule has 0 aliphatic carbocycles. The Balaban J connectivity index is 1.71. The van der Waals surface area contributed by atoms with E-state index in [2.05, 4.69) is 9.57 Å². The van der Waals surface area contributed by atoms with Crippen LogP contribution in [0.5, 0.6) is 0 Å². The molecule has 4 rings (SSSR count). The van der Waals surface area contributed by atoms with Crippen LogP contribution in [0.1, 0.15) is 25.5 Å². The fourth-order valence-corrected chi connectivity index (χ4v) is 3.69. The predicted molar refractivity (Wildman–Crippen MR) is 90.3 cm³/mol. The molecule has 0 aromatic carbocycles. The van der Waals surface area contributed by atoms with Gasteiger partial charge in [0.2, 0.25) is 11.9 Å². The van der Waals surface area contributed by atoms with Gasteiger partial charge in [-0.2, -0.15) is 0 Å². The van der Waals surface area contributed by atoms with Gasteiger partial charge in [-0.05, 0) is 18.6 Å². The lowest BCUT2D eigenvalue weighted by molar-refractivity contribution is -0.556. The molecule has 8 heteroatoms. The first-order valence-electron chi connectivity index (χ1n) is 8.70. The molecule has 8 nitrogen and oxygen atoms in total. The molecule has 1 unspecified atom stereocenters. The molecule has 25 heavy (non-hydrogen) atoms. The van der Waals surface area contributed by atoms with E-state index in [0.29, 0.717) is 18.9 Å². The van der Waals surface area contributed by atoms with Crippen LogP contribution in [-0.2, 0) is 11.3 Å². The molecule has 1 atom stereocenters. The molecule has 3 aliphatic heterocycles. The first-order chi connectivity index (χ1) is 12.1. The van der Waals surface area contributed by atoms with Crippen LogP contribution in [0.15, 0.2) is 27.8 Å². The molecule has 0 N–H and O–H groups in total. The smallest absolute Gasteiger partial charge is 0.392 e. The van der Waals surface area contributed by atoms with Crippen LogP contribution >= 0.6 is 0 Å². The monoisotopic (exact) mass is 344 g/mol. The Kier molecular flexibility index (Phi) is 3.82. The van der Waals surface area contributed by atoms with Gasteiger partial charge in [0.1, 0.15) is 12.3 Å². The number of hydrogen-bond donors (Lipinski definition) is 0. The third-order valence-corrected chi connectivity index (χ3v) is 4.87. The molecular formula is C17H22N5O3+. The standard InChI is InChI=1S/C17H22N5O3/c1-3-7-22-15(23)13-14(19(2)17(22)24)18-16-20(8-5-9-21(13)16)11-12-6-4-10-25-12/h4,6,10,13H,3,5,7-9,11H2,1-2H3/q+1. The van der Waals surface area contributed by atoms with Gasteiger partial charge in [0.05, 0.1) is 19.4 Å². The van der Waals surface area contributed by atoms with Crippen molar-refractivity contribution in [2.45, 2.75) is 32.4 Å². The lowest BCUT2D eigenvalue weighted by atomic mass is 10.1. The van der Waals surface area contributed by atoms with Crippen LogP contribution in [0.3, 0.4) is 0 Å². The van der Waals surface area contributed by atoms with Gasteiger partial charge in [-0.1, -0.05) is 11.9 Å². The van der Waals surface area contributed by atoms with E-state index in [4.69, 9.17) is 4.42 Å². The maximum atomic E-state index is 12.9. The third kappa shape index (κ3) is 2.43. The Morgan fingerprint density at radius 2 is 2.24 bits per heavy atom. The lowest BCUT2D eigenvalue weighted by Crippen LogP contribution is -2.64. The molecular weight excluding hydrogens is 322 g/mol. The number of rotatable bonds is 4. The van der Waals surface area contributed by atoms with Gasteiger partial charge in [0, 0.05) is 20.0 Å². The van der Waals surface area contributed by atoms with Crippen LogP contribution in [-0.4, -0.2) is 75.7 Å². The molecule has 1 aromatic rings. The van der Waals surface area contributed by atoms with E-state index < -0.39 is 6.04 Å². The van der Waals surface area contributed by atoms with Gasteiger partial charge in [-0.15, -0.1) is 0 Å². The number of imide groups is 1. The molecule has 3 aliphatic rings. The molecule has 1 aromatic heterocycles. The van der Waals surface area contributed by atoms with E-state index in [-0.39, 0.29) is 11.9 Å². The van der Waals surface area contributed by atoms with E-state index >= 15 is 0 Å². The first-order valence-corrected chi connectivity index (χ1v) is 8.70. The van der Waals surface area contributed by atoms with E-state index in [1.165, 1.54) is 9.80 Å². The summed E-state index contributed by atoms with van der Waals surface area (Å²) in [6.45, 7) is 4.61. The van der Waals surface area contributed by atoms with Crippen molar-refractivity contribution in [3.8, 4) is 0 Å². The SMILES string of the molecule is CCCN1C(=O)C2C(=NC3=[N+](Cc4ccco4)CCCN32)N(C)C1=O. The molecule has 0 radical (unpaired) electrons. The summed E-state index contributed by atoms with van der Waals surface area (Å²) in [6.07, 6.45) is 3.33. The minimum atomic E-state index is -0.497. The Morgan fingerprint density at radius 1 is 1.40 bits per heavy atom. The molecule has 0 spiro atoms. The predicted octanol–water partition coefficient (Wildman–Crippen LogP) is 0.938. The van der Waals surface area contributed by atoms with Gasteiger partial charge in [0.25, 0.3) is 5.91 Å².